The summed E-state index contributed by atoms with van der Waals surface area (Å²) in [6.45, 7) is 3.78. The van der Waals surface area contributed by atoms with Gasteiger partial charge in [-0.25, -0.2) is 4.39 Å². The van der Waals surface area contributed by atoms with Crippen LogP contribution in [0.2, 0.25) is 0 Å². The van der Waals surface area contributed by atoms with Crippen molar-refractivity contribution in [1.82, 2.24) is 9.80 Å². The van der Waals surface area contributed by atoms with E-state index in [4.69, 9.17) is 0 Å². The molecule has 0 spiro atoms. The number of halogens is 1. The summed E-state index contributed by atoms with van der Waals surface area (Å²) >= 11 is 0. The van der Waals surface area contributed by atoms with E-state index in [0.717, 1.165) is 39.1 Å². The maximum absolute atomic E-state index is 14.7. The van der Waals surface area contributed by atoms with Crippen LogP contribution in [0.25, 0.3) is 0 Å². The van der Waals surface area contributed by atoms with Crippen LogP contribution in [0.1, 0.15) is 23.1 Å². The maximum Gasteiger partial charge on any atom is 0.109 e. The van der Waals surface area contributed by atoms with Gasteiger partial charge in [0.1, 0.15) is 6.67 Å². The smallest absolute Gasteiger partial charge is 0.109 e. The molecular weight excluding hydrogens is 359 g/mol. The topological polar surface area (TPSA) is 6.48 Å². The highest BCUT2D eigenvalue weighted by Gasteiger charge is 2.43. The molecule has 3 aromatic carbocycles. The van der Waals surface area contributed by atoms with E-state index in [0.29, 0.717) is 0 Å². The molecule has 0 radical (unpaired) electrons. The van der Waals surface area contributed by atoms with Gasteiger partial charge in [-0.1, -0.05) is 91.0 Å². The summed E-state index contributed by atoms with van der Waals surface area (Å²) in [6.07, 6.45) is 0.857. The first kappa shape index (κ1) is 19.8. The standard InChI is InChI=1S/C26H29FN2/c27-21-26(16-17-28(22-26)18-23-10-4-1-5-11-23)29(19-24-12-6-2-7-13-24)20-25-14-8-3-9-15-25/h1-15H,16-22H2. The highest BCUT2D eigenvalue weighted by molar-refractivity contribution is 5.20. The van der Waals surface area contributed by atoms with Gasteiger partial charge in [0.15, 0.2) is 0 Å². The van der Waals surface area contributed by atoms with Crippen LogP contribution in [-0.4, -0.2) is 35.1 Å². The van der Waals surface area contributed by atoms with Crippen LogP contribution in [0.5, 0.6) is 0 Å². The zero-order valence-electron chi connectivity index (χ0n) is 16.9. The second-order valence-corrected chi connectivity index (χ2v) is 8.13. The van der Waals surface area contributed by atoms with Crippen LogP contribution in [0.4, 0.5) is 4.39 Å². The van der Waals surface area contributed by atoms with E-state index in [2.05, 4.69) is 82.6 Å². The molecule has 1 atom stereocenters. The minimum absolute atomic E-state index is 0.321. The lowest BCUT2D eigenvalue weighted by molar-refractivity contribution is 0.0510. The molecule has 0 aromatic heterocycles. The van der Waals surface area contributed by atoms with Crippen LogP contribution < -0.4 is 0 Å². The Morgan fingerprint density at radius 2 is 1.21 bits per heavy atom. The van der Waals surface area contributed by atoms with E-state index in [-0.39, 0.29) is 6.67 Å². The highest BCUT2D eigenvalue weighted by atomic mass is 19.1. The van der Waals surface area contributed by atoms with Gasteiger partial charge in [-0.05, 0) is 23.1 Å². The number of benzene rings is 3. The van der Waals surface area contributed by atoms with Gasteiger partial charge in [0, 0.05) is 32.7 Å². The highest BCUT2D eigenvalue weighted by Crippen LogP contribution is 2.32. The van der Waals surface area contributed by atoms with Crippen LogP contribution >= 0.6 is 0 Å². The van der Waals surface area contributed by atoms with Gasteiger partial charge in [0.05, 0.1) is 5.54 Å². The Hall–Kier alpha value is -2.49. The Bertz CT molecular complexity index is 827. The molecule has 1 unspecified atom stereocenters. The second-order valence-electron chi connectivity index (χ2n) is 8.13. The summed E-state index contributed by atoms with van der Waals surface area (Å²) in [5.41, 5.74) is 3.32. The molecule has 0 bridgehead atoms. The van der Waals surface area contributed by atoms with E-state index in [1.807, 2.05) is 18.2 Å². The molecule has 3 heteroatoms. The first-order chi connectivity index (χ1) is 14.3. The predicted molar refractivity (Wildman–Crippen MR) is 117 cm³/mol. The van der Waals surface area contributed by atoms with Crippen LogP contribution in [0, 0.1) is 0 Å². The monoisotopic (exact) mass is 388 g/mol. The zero-order valence-corrected chi connectivity index (χ0v) is 16.9. The normalized spacial score (nSPS) is 19.7. The molecule has 1 aliphatic heterocycles. The van der Waals surface area contributed by atoms with Crippen molar-refractivity contribution in [3.05, 3.63) is 108 Å². The summed E-state index contributed by atoms with van der Waals surface area (Å²) < 4.78 is 14.7. The fourth-order valence-corrected chi connectivity index (χ4v) is 4.37. The molecular formula is C26H29FN2. The molecule has 1 heterocycles. The number of alkyl halides is 1. The fraction of sp³-hybridized carbons (Fsp3) is 0.308. The van der Waals surface area contributed by atoms with Crippen molar-refractivity contribution in [3.63, 3.8) is 0 Å². The van der Waals surface area contributed by atoms with Gasteiger partial charge >= 0.3 is 0 Å². The summed E-state index contributed by atoms with van der Waals surface area (Å²) in [4.78, 5) is 4.76. The van der Waals surface area contributed by atoms with Crippen molar-refractivity contribution in [2.75, 3.05) is 19.8 Å². The quantitative estimate of drug-likeness (QED) is 0.516. The Morgan fingerprint density at radius 1 is 0.724 bits per heavy atom. The zero-order chi connectivity index (χ0) is 19.9. The van der Waals surface area contributed by atoms with Gasteiger partial charge in [-0.3, -0.25) is 9.80 Å². The van der Waals surface area contributed by atoms with E-state index < -0.39 is 5.54 Å². The lowest BCUT2D eigenvalue weighted by Crippen LogP contribution is -2.51. The fourth-order valence-electron chi connectivity index (χ4n) is 4.37. The number of nitrogens with zero attached hydrogens (tertiary/aromatic N) is 2. The van der Waals surface area contributed by atoms with Crippen LogP contribution in [-0.2, 0) is 19.6 Å². The number of hydrogen-bond acceptors (Lipinski definition) is 2. The van der Waals surface area contributed by atoms with Crippen molar-refractivity contribution in [2.45, 2.75) is 31.6 Å². The summed E-state index contributed by atoms with van der Waals surface area (Å²) in [7, 11) is 0. The van der Waals surface area contributed by atoms with Crippen LogP contribution in [0.15, 0.2) is 91.0 Å². The van der Waals surface area contributed by atoms with E-state index >= 15 is 0 Å². The lowest BCUT2D eigenvalue weighted by Gasteiger charge is -2.40. The second kappa shape index (κ2) is 9.34. The minimum Gasteiger partial charge on any atom is -0.297 e. The molecule has 1 aliphatic rings. The number of rotatable bonds is 8. The number of likely N-dealkylation sites (tertiary alicyclic amines) is 1. The molecule has 0 N–H and O–H groups in total. The molecule has 3 aromatic rings. The Kier molecular flexibility index (Phi) is 6.38. The molecule has 0 aliphatic carbocycles. The molecule has 0 amide bonds. The summed E-state index contributed by atoms with van der Waals surface area (Å²) in [5, 5.41) is 0. The molecule has 29 heavy (non-hydrogen) atoms. The molecule has 4 rings (SSSR count). The molecule has 0 saturated carbocycles. The van der Waals surface area contributed by atoms with E-state index in [1.165, 1.54) is 16.7 Å². The predicted octanol–water partition coefficient (Wildman–Crippen LogP) is 5.30. The average molecular weight is 389 g/mol. The lowest BCUT2D eigenvalue weighted by atomic mass is 9.95. The van der Waals surface area contributed by atoms with Gasteiger partial charge in [-0.15, -0.1) is 0 Å². The Morgan fingerprint density at radius 3 is 1.69 bits per heavy atom. The van der Waals surface area contributed by atoms with Crippen molar-refractivity contribution in [3.8, 4) is 0 Å². The van der Waals surface area contributed by atoms with Crippen molar-refractivity contribution in [2.24, 2.45) is 0 Å². The van der Waals surface area contributed by atoms with Gasteiger partial charge in [0.2, 0.25) is 0 Å². The first-order valence-electron chi connectivity index (χ1n) is 10.4. The molecule has 1 saturated heterocycles. The number of hydrogen-bond donors (Lipinski definition) is 0. The third-order valence-corrected chi connectivity index (χ3v) is 6.01. The first-order valence-corrected chi connectivity index (χ1v) is 10.4. The molecule has 1 fully saturated rings. The van der Waals surface area contributed by atoms with E-state index in [9.17, 15) is 4.39 Å². The Balaban J connectivity index is 1.55. The van der Waals surface area contributed by atoms with Gasteiger partial charge < -0.3 is 0 Å². The van der Waals surface area contributed by atoms with Gasteiger partial charge in [0.25, 0.3) is 0 Å². The molecule has 2 nitrogen and oxygen atoms in total. The summed E-state index contributed by atoms with van der Waals surface area (Å²) in [5.74, 6) is 0. The SMILES string of the molecule is FCC1(N(Cc2ccccc2)Cc2ccccc2)CCN(Cc2ccccc2)C1. The maximum atomic E-state index is 14.7. The van der Waals surface area contributed by atoms with Crippen molar-refractivity contribution < 1.29 is 4.39 Å². The minimum atomic E-state index is -0.444. The third kappa shape index (κ3) is 4.92. The van der Waals surface area contributed by atoms with Crippen molar-refractivity contribution in [1.29, 1.82) is 0 Å². The van der Waals surface area contributed by atoms with Crippen molar-refractivity contribution >= 4 is 0 Å². The largest absolute Gasteiger partial charge is 0.297 e. The molecule has 150 valence electrons. The van der Waals surface area contributed by atoms with E-state index in [1.54, 1.807) is 0 Å². The Labute approximate surface area is 173 Å². The third-order valence-electron chi connectivity index (χ3n) is 6.01. The van der Waals surface area contributed by atoms with Gasteiger partial charge in [-0.2, -0.15) is 0 Å². The van der Waals surface area contributed by atoms with Crippen LogP contribution in [0.3, 0.4) is 0 Å². The average Bonchev–Trinajstić information content (AvgIpc) is 3.20. The summed E-state index contributed by atoms with van der Waals surface area (Å²) in [6, 6.07) is 31.4.